The first-order chi connectivity index (χ1) is 9.02. The molecule has 2 rings (SSSR count). The van der Waals surface area contributed by atoms with Gasteiger partial charge >= 0.3 is 5.97 Å². The van der Waals surface area contributed by atoms with Gasteiger partial charge in [-0.1, -0.05) is 24.3 Å². The van der Waals surface area contributed by atoms with Crippen molar-refractivity contribution >= 4 is 16.8 Å². The number of hydrogen-bond acceptors (Lipinski definition) is 3. The van der Waals surface area contributed by atoms with Crippen molar-refractivity contribution in [2.75, 3.05) is 6.26 Å². The summed E-state index contributed by atoms with van der Waals surface area (Å²) in [5, 5.41) is 8.61. The van der Waals surface area contributed by atoms with Crippen molar-refractivity contribution in [3.63, 3.8) is 0 Å². The van der Waals surface area contributed by atoms with Gasteiger partial charge in [0.2, 0.25) is 5.76 Å². The van der Waals surface area contributed by atoms with Crippen LogP contribution in [0.5, 0.6) is 0 Å². The van der Waals surface area contributed by atoms with Crippen LogP contribution >= 0.6 is 0 Å². The van der Waals surface area contributed by atoms with Gasteiger partial charge in [-0.3, -0.25) is 4.21 Å². The van der Waals surface area contributed by atoms with Crippen LogP contribution in [0.1, 0.15) is 32.5 Å². The summed E-state index contributed by atoms with van der Waals surface area (Å²) in [5.74, 6) is -1.30. The van der Waals surface area contributed by atoms with Crippen molar-refractivity contribution in [1.29, 1.82) is 0 Å². The zero-order valence-electron chi connectivity index (χ0n) is 10.6. The molecule has 19 heavy (non-hydrogen) atoms. The Morgan fingerprint density at radius 2 is 1.95 bits per heavy atom. The second-order valence-electron chi connectivity index (χ2n) is 4.25. The average molecular weight is 278 g/mol. The zero-order chi connectivity index (χ0) is 14.0. The largest absolute Gasteiger partial charge is 0.475 e. The standard InChI is InChI=1S/C14H14O4S/c1-9-5-3-4-6-10(9)13(19(2)17)11-7-8-18-12(11)14(15)16/h3-8,13H,1-2H3,(H,15,16). The van der Waals surface area contributed by atoms with Gasteiger partial charge in [0.15, 0.2) is 0 Å². The van der Waals surface area contributed by atoms with Gasteiger partial charge in [-0.05, 0) is 24.1 Å². The SMILES string of the molecule is Cc1ccccc1C(c1ccoc1C(=O)O)S(C)=O. The lowest BCUT2D eigenvalue weighted by atomic mass is 10.0. The summed E-state index contributed by atoms with van der Waals surface area (Å²) in [4.78, 5) is 11.1. The highest BCUT2D eigenvalue weighted by Gasteiger charge is 2.27. The predicted molar refractivity (Wildman–Crippen MR) is 72.8 cm³/mol. The van der Waals surface area contributed by atoms with Crippen LogP contribution in [0.3, 0.4) is 0 Å². The van der Waals surface area contributed by atoms with Crippen molar-refractivity contribution < 1.29 is 18.5 Å². The highest BCUT2D eigenvalue weighted by molar-refractivity contribution is 7.84. The molecule has 4 nitrogen and oxygen atoms in total. The maximum absolute atomic E-state index is 12.0. The van der Waals surface area contributed by atoms with Crippen LogP contribution in [0, 0.1) is 6.92 Å². The van der Waals surface area contributed by atoms with Crippen LogP contribution in [-0.4, -0.2) is 21.5 Å². The van der Waals surface area contributed by atoms with Crippen molar-refractivity contribution in [3.05, 3.63) is 59.0 Å². The number of rotatable bonds is 4. The van der Waals surface area contributed by atoms with Crippen molar-refractivity contribution in [2.24, 2.45) is 0 Å². The monoisotopic (exact) mass is 278 g/mol. The number of benzene rings is 1. The van der Waals surface area contributed by atoms with Crippen LogP contribution in [0.15, 0.2) is 41.0 Å². The van der Waals surface area contributed by atoms with E-state index in [-0.39, 0.29) is 5.76 Å². The molecule has 0 amide bonds. The first-order valence-corrected chi connectivity index (χ1v) is 7.33. The second kappa shape index (κ2) is 5.40. The number of aryl methyl sites for hydroxylation is 1. The topological polar surface area (TPSA) is 67.5 Å². The number of carboxylic acids is 1. The lowest BCUT2D eigenvalue weighted by Gasteiger charge is -2.16. The van der Waals surface area contributed by atoms with E-state index >= 15 is 0 Å². The summed E-state index contributed by atoms with van der Waals surface area (Å²) < 4.78 is 17.0. The van der Waals surface area contributed by atoms with E-state index in [0.29, 0.717) is 5.56 Å². The molecular weight excluding hydrogens is 264 g/mol. The van der Waals surface area contributed by atoms with Crippen molar-refractivity contribution in [1.82, 2.24) is 0 Å². The third-order valence-electron chi connectivity index (χ3n) is 2.98. The van der Waals surface area contributed by atoms with Crippen LogP contribution < -0.4 is 0 Å². The molecule has 1 N–H and O–H groups in total. The minimum atomic E-state index is -1.24. The Morgan fingerprint density at radius 1 is 1.26 bits per heavy atom. The average Bonchev–Trinajstić information content (AvgIpc) is 2.80. The quantitative estimate of drug-likeness (QED) is 0.933. The molecule has 2 aromatic rings. The summed E-state index contributed by atoms with van der Waals surface area (Å²) in [6.45, 7) is 1.91. The summed E-state index contributed by atoms with van der Waals surface area (Å²) in [7, 11) is -1.24. The molecular formula is C14H14O4S. The van der Waals surface area contributed by atoms with E-state index in [1.807, 2.05) is 31.2 Å². The van der Waals surface area contributed by atoms with Gasteiger partial charge in [-0.2, -0.15) is 0 Å². The highest BCUT2D eigenvalue weighted by Crippen LogP contribution is 2.32. The van der Waals surface area contributed by atoms with E-state index in [1.54, 1.807) is 12.3 Å². The Kier molecular flexibility index (Phi) is 3.85. The highest BCUT2D eigenvalue weighted by atomic mass is 32.2. The predicted octanol–water partition coefficient (Wildman–Crippen LogP) is 2.75. The number of furan rings is 1. The van der Waals surface area contributed by atoms with Crippen molar-refractivity contribution in [2.45, 2.75) is 12.2 Å². The normalized spacial score (nSPS) is 14.0. The molecule has 1 aromatic heterocycles. The summed E-state index contributed by atoms with van der Waals surface area (Å²) >= 11 is 0. The molecule has 1 heterocycles. The summed E-state index contributed by atoms with van der Waals surface area (Å²) in [6, 6.07) is 9.09. The molecule has 0 bridgehead atoms. The molecule has 0 aliphatic carbocycles. The summed E-state index contributed by atoms with van der Waals surface area (Å²) in [5.41, 5.74) is 2.27. The molecule has 0 saturated heterocycles. The lowest BCUT2D eigenvalue weighted by Crippen LogP contribution is -2.11. The third kappa shape index (κ3) is 2.61. The lowest BCUT2D eigenvalue weighted by molar-refractivity contribution is 0.0661. The molecule has 2 atom stereocenters. The molecule has 100 valence electrons. The molecule has 5 heteroatoms. The van der Waals surface area contributed by atoms with Crippen LogP contribution in [0.4, 0.5) is 0 Å². The summed E-state index contributed by atoms with van der Waals surface area (Å²) in [6.07, 6.45) is 2.88. The number of aromatic carboxylic acids is 1. The van der Waals surface area contributed by atoms with Crippen molar-refractivity contribution in [3.8, 4) is 0 Å². The first kappa shape index (κ1) is 13.5. The molecule has 0 spiro atoms. The van der Waals surface area contributed by atoms with Crippen LogP contribution in [-0.2, 0) is 10.8 Å². The van der Waals surface area contributed by atoms with Gasteiger partial charge in [-0.15, -0.1) is 0 Å². The van der Waals surface area contributed by atoms with Gasteiger partial charge in [-0.25, -0.2) is 4.79 Å². The molecule has 0 radical (unpaired) electrons. The molecule has 0 saturated carbocycles. The Bertz CT molecular complexity index is 630. The number of carboxylic acid groups (broad SMARTS) is 1. The minimum absolute atomic E-state index is 0.150. The maximum Gasteiger partial charge on any atom is 0.372 e. The van der Waals surface area contributed by atoms with E-state index in [1.165, 1.54) is 6.26 Å². The maximum atomic E-state index is 12.0. The second-order valence-corrected chi connectivity index (χ2v) is 5.71. The van der Waals surface area contributed by atoms with Crippen LogP contribution in [0.2, 0.25) is 0 Å². The number of carbonyl (C=O) groups is 1. The Morgan fingerprint density at radius 3 is 2.53 bits per heavy atom. The van der Waals surface area contributed by atoms with Gasteiger partial charge in [0.25, 0.3) is 0 Å². The smallest absolute Gasteiger partial charge is 0.372 e. The van der Waals surface area contributed by atoms with Crippen LogP contribution in [0.25, 0.3) is 0 Å². The fourth-order valence-electron chi connectivity index (χ4n) is 2.11. The minimum Gasteiger partial charge on any atom is -0.475 e. The zero-order valence-corrected chi connectivity index (χ0v) is 11.4. The van der Waals surface area contributed by atoms with E-state index < -0.39 is 22.0 Å². The van der Waals surface area contributed by atoms with E-state index in [2.05, 4.69) is 0 Å². The number of hydrogen-bond donors (Lipinski definition) is 1. The fourth-order valence-corrected chi connectivity index (χ4v) is 3.27. The molecule has 0 aliphatic rings. The Balaban J connectivity index is 2.59. The van der Waals surface area contributed by atoms with Gasteiger partial charge < -0.3 is 9.52 Å². The third-order valence-corrected chi connectivity index (χ3v) is 4.15. The molecule has 1 aromatic carbocycles. The van der Waals surface area contributed by atoms with Gasteiger partial charge in [0.1, 0.15) is 0 Å². The molecule has 2 unspecified atom stereocenters. The molecule has 0 fully saturated rings. The van der Waals surface area contributed by atoms with E-state index in [0.717, 1.165) is 11.1 Å². The van der Waals surface area contributed by atoms with Gasteiger partial charge in [0.05, 0.1) is 11.5 Å². The Labute approximate surface area is 113 Å². The fraction of sp³-hybridized carbons (Fsp3) is 0.214. The van der Waals surface area contributed by atoms with E-state index in [4.69, 9.17) is 9.52 Å². The Hall–Kier alpha value is -1.88. The van der Waals surface area contributed by atoms with E-state index in [9.17, 15) is 9.00 Å². The molecule has 0 aliphatic heterocycles. The van der Waals surface area contributed by atoms with Gasteiger partial charge in [0, 0.05) is 22.6 Å². The first-order valence-electron chi connectivity index (χ1n) is 5.70.